The van der Waals surface area contributed by atoms with E-state index in [0.29, 0.717) is 20.5 Å². The number of hydrogen-bond acceptors (Lipinski definition) is 5. The molecule has 0 radical (unpaired) electrons. The zero-order valence-corrected chi connectivity index (χ0v) is 16.2. The number of hydrogen-bond donors (Lipinski definition) is 2. The summed E-state index contributed by atoms with van der Waals surface area (Å²) >= 11 is 6.68. The summed E-state index contributed by atoms with van der Waals surface area (Å²) in [6.45, 7) is 0.677. The van der Waals surface area contributed by atoms with Gasteiger partial charge in [0.25, 0.3) is 0 Å². The maximum atomic E-state index is 12.6. The van der Waals surface area contributed by atoms with Crippen molar-refractivity contribution in [3.63, 3.8) is 0 Å². The van der Waals surface area contributed by atoms with Crippen molar-refractivity contribution in [1.82, 2.24) is 10.0 Å². The van der Waals surface area contributed by atoms with Crippen LogP contribution in [0.1, 0.15) is 30.6 Å². The highest BCUT2D eigenvalue weighted by Crippen LogP contribution is 2.33. The molecule has 2 atom stereocenters. The molecule has 1 aromatic heterocycles. The van der Waals surface area contributed by atoms with Gasteiger partial charge >= 0.3 is 0 Å². The molecule has 2 rings (SSSR count). The molecule has 1 aliphatic rings. The molecule has 1 aliphatic carbocycles. The van der Waals surface area contributed by atoms with Crippen LogP contribution in [-0.2, 0) is 16.6 Å². The van der Waals surface area contributed by atoms with Crippen LogP contribution in [0.2, 0.25) is 0 Å². The van der Waals surface area contributed by atoms with Gasteiger partial charge in [0.15, 0.2) is 0 Å². The average Bonchev–Trinajstić information content (AvgIpc) is 2.81. The summed E-state index contributed by atoms with van der Waals surface area (Å²) in [6.07, 6.45) is 6.23. The van der Waals surface area contributed by atoms with Crippen LogP contribution in [0.15, 0.2) is 14.7 Å². The number of rotatable bonds is 6. The van der Waals surface area contributed by atoms with Gasteiger partial charge in [-0.25, -0.2) is 13.1 Å². The van der Waals surface area contributed by atoms with Crippen LogP contribution >= 0.6 is 39.0 Å². The minimum Gasteiger partial charge on any atom is -0.315 e. The van der Waals surface area contributed by atoms with Crippen LogP contribution in [0.4, 0.5) is 0 Å². The van der Waals surface area contributed by atoms with Gasteiger partial charge in [-0.15, -0.1) is 11.3 Å². The number of sulfonamides is 1. The van der Waals surface area contributed by atoms with E-state index < -0.39 is 10.0 Å². The Morgan fingerprint density at radius 3 is 2.90 bits per heavy atom. The van der Waals surface area contributed by atoms with Crippen molar-refractivity contribution < 1.29 is 8.42 Å². The number of nitrogens with one attached hydrogen (secondary N) is 2. The summed E-state index contributed by atoms with van der Waals surface area (Å²) < 4.78 is 28.7. The third kappa shape index (κ3) is 4.68. The van der Waals surface area contributed by atoms with Gasteiger partial charge < -0.3 is 5.32 Å². The second-order valence-electron chi connectivity index (χ2n) is 5.22. The smallest absolute Gasteiger partial charge is 0.242 e. The van der Waals surface area contributed by atoms with Crippen molar-refractivity contribution in [2.24, 2.45) is 0 Å². The lowest BCUT2D eigenvalue weighted by atomic mass is 9.96. The summed E-state index contributed by atoms with van der Waals surface area (Å²) in [5.74, 6) is 0. The molecule has 0 saturated heterocycles. The lowest BCUT2D eigenvalue weighted by Gasteiger charge is -2.28. The highest BCUT2D eigenvalue weighted by Gasteiger charge is 2.28. The number of thiophene rings is 1. The molecule has 1 fully saturated rings. The molecule has 4 nitrogen and oxygen atoms in total. The fraction of sp³-hybridized carbons (Fsp3) is 0.692. The predicted molar refractivity (Wildman–Crippen MR) is 94.7 cm³/mol. The molecule has 120 valence electrons. The Balaban J connectivity index is 2.11. The Labute approximate surface area is 143 Å². The maximum absolute atomic E-state index is 12.6. The summed E-state index contributed by atoms with van der Waals surface area (Å²) in [5.41, 5.74) is 0. The zero-order valence-electron chi connectivity index (χ0n) is 12.2. The average molecular weight is 413 g/mol. The molecule has 1 aromatic rings. The summed E-state index contributed by atoms with van der Waals surface area (Å²) in [7, 11) is -1.59. The first kappa shape index (κ1) is 17.7. The molecule has 0 spiro atoms. The molecule has 1 saturated carbocycles. The SMILES string of the molecule is CNCc1cc(S(=O)(=O)NC2CCCC(SC)C2)c(Br)s1. The van der Waals surface area contributed by atoms with Gasteiger partial charge in [0.2, 0.25) is 10.0 Å². The maximum Gasteiger partial charge on any atom is 0.242 e. The fourth-order valence-electron chi connectivity index (χ4n) is 2.59. The Morgan fingerprint density at radius 2 is 2.24 bits per heavy atom. The third-order valence-corrected chi connectivity index (χ3v) is 8.50. The summed E-state index contributed by atoms with van der Waals surface area (Å²) in [6, 6.07) is 1.81. The first-order valence-corrected chi connectivity index (χ1v) is 11.3. The minimum atomic E-state index is -3.44. The van der Waals surface area contributed by atoms with E-state index in [1.807, 2.05) is 18.8 Å². The van der Waals surface area contributed by atoms with Crippen LogP contribution in [-0.4, -0.2) is 33.0 Å². The Bertz CT molecular complexity index is 574. The Morgan fingerprint density at radius 1 is 1.48 bits per heavy atom. The first-order chi connectivity index (χ1) is 9.96. The van der Waals surface area contributed by atoms with E-state index in [-0.39, 0.29) is 6.04 Å². The molecule has 1 heterocycles. The lowest BCUT2D eigenvalue weighted by Crippen LogP contribution is -2.39. The quantitative estimate of drug-likeness (QED) is 0.752. The number of halogens is 1. The van der Waals surface area contributed by atoms with Crippen molar-refractivity contribution in [3.05, 3.63) is 14.7 Å². The van der Waals surface area contributed by atoms with Gasteiger partial charge in [0.1, 0.15) is 4.90 Å². The molecule has 0 bridgehead atoms. The first-order valence-electron chi connectivity index (χ1n) is 6.94. The molecule has 2 unspecified atom stereocenters. The normalized spacial score (nSPS) is 23.4. The van der Waals surface area contributed by atoms with E-state index in [1.54, 1.807) is 6.07 Å². The molecular weight excluding hydrogens is 392 g/mol. The van der Waals surface area contributed by atoms with Gasteiger partial charge in [-0.2, -0.15) is 11.8 Å². The Hall–Kier alpha value is 0.400. The topological polar surface area (TPSA) is 58.2 Å². The zero-order chi connectivity index (χ0) is 15.5. The van der Waals surface area contributed by atoms with E-state index in [9.17, 15) is 8.42 Å². The Kier molecular flexibility index (Phi) is 6.58. The van der Waals surface area contributed by atoms with Crippen molar-refractivity contribution in [3.8, 4) is 0 Å². The van der Waals surface area contributed by atoms with Gasteiger partial charge in [-0.05, 0) is 54.6 Å². The second-order valence-corrected chi connectivity index (χ2v) is 10.5. The van der Waals surface area contributed by atoms with Gasteiger partial charge in [0.05, 0.1) is 3.79 Å². The summed E-state index contributed by atoms with van der Waals surface area (Å²) in [5, 5.41) is 3.61. The van der Waals surface area contributed by atoms with Gasteiger partial charge in [-0.1, -0.05) is 6.42 Å². The van der Waals surface area contributed by atoms with Gasteiger partial charge in [0, 0.05) is 22.7 Å². The molecule has 0 aromatic carbocycles. The standard InChI is InChI=1S/C13H21BrN2O2S3/c1-15-8-11-7-12(13(14)20-11)21(17,18)16-9-4-3-5-10(6-9)19-2/h7,9-10,15-16H,3-6,8H2,1-2H3. The monoisotopic (exact) mass is 412 g/mol. The highest BCUT2D eigenvalue weighted by molar-refractivity contribution is 9.11. The molecular formula is C13H21BrN2O2S3. The van der Waals surface area contributed by atoms with E-state index in [1.165, 1.54) is 17.8 Å². The third-order valence-electron chi connectivity index (χ3n) is 3.63. The van der Waals surface area contributed by atoms with Crippen molar-refractivity contribution in [1.29, 1.82) is 0 Å². The molecule has 2 N–H and O–H groups in total. The van der Waals surface area contributed by atoms with Crippen LogP contribution < -0.4 is 10.0 Å². The lowest BCUT2D eigenvalue weighted by molar-refractivity contribution is 0.421. The molecule has 0 amide bonds. The number of thioether (sulfide) groups is 1. The van der Waals surface area contributed by atoms with Crippen molar-refractivity contribution in [2.45, 2.75) is 48.4 Å². The molecule has 8 heteroatoms. The minimum absolute atomic E-state index is 0.0563. The molecule has 0 aliphatic heterocycles. The largest absolute Gasteiger partial charge is 0.315 e. The van der Waals surface area contributed by atoms with E-state index in [2.05, 4.69) is 32.2 Å². The van der Waals surface area contributed by atoms with Crippen molar-refractivity contribution >= 4 is 49.1 Å². The fourth-order valence-corrected chi connectivity index (χ4v) is 7.40. The summed E-state index contributed by atoms with van der Waals surface area (Å²) in [4.78, 5) is 1.37. The molecule has 21 heavy (non-hydrogen) atoms. The highest BCUT2D eigenvalue weighted by atomic mass is 79.9. The van der Waals surface area contributed by atoms with Gasteiger partial charge in [-0.3, -0.25) is 0 Å². The van der Waals surface area contributed by atoms with Crippen LogP contribution in [0.25, 0.3) is 0 Å². The van der Waals surface area contributed by atoms with E-state index in [0.717, 1.165) is 24.1 Å². The van der Waals surface area contributed by atoms with E-state index >= 15 is 0 Å². The van der Waals surface area contributed by atoms with Crippen LogP contribution in [0, 0.1) is 0 Å². The van der Waals surface area contributed by atoms with E-state index in [4.69, 9.17) is 0 Å². The van der Waals surface area contributed by atoms with Crippen molar-refractivity contribution in [2.75, 3.05) is 13.3 Å². The van der Waals surface area contributed by atoms with Crippen LogP contribution in [0.3, 0.4) is 0 Å². The second kappa shape index (κ2) is 7.79. The van der Waals surface area contributed by atoms with Crippen LogP contribution in [0.5, 0.6) is 0 Å². The predicted octanol–water partition coefficient (Wildman–Crippen LogP) is 3.18.